The van der Waals surface area contributed by atoms with Crippen LogP contribution in [-0.4, -0.2) is 40.9 Å². The van der Waals surface area contributed by atoms with Crippen molar-refractivity contribution in [2.75, 3.05) is 34.9 Å². The van der Waals surface area contributed by atoms with Gasteiger partial charge in [0.25, 0.3) is 0 Å². The van der Waals surface area contributed by atoms with Gasteiger partial charge in [-0.05, 0) is 17.9 Å². The fourth-order valence-corrected chi connectivity index (χ4v) is 3.08. The van der Waals surface area contributed by atoms with Crippen LogP contribution in [0, 0.1) is 0 Å². The number of benzene rings is 1. The molecule has 0 saturated heterocycles. The number of hydrogen-bond donors (Lipinski definition) is 2. The van der Waals surface area contributed by atoms with Gasteiger partial charge in [0.15, 0.2) is 5.96 Å². The van der Waals surface area contributed by atoms with Gasteiger partial charge in [0, 0.05) is 36.2 Å². The summed E-state index contributed by atoms with van der Waals surface area (Å²) in [5.41, 5.74) is 0.993. The third kappa shape index (κ3) is 5.29. The minimum Gasteiger partial charge on any atom is -0.496 e. The maximum absolute atomic E-state index is 5.48. The largest absolute Gasteiger partial charge is 0.496 e. The highest BCUT2D eigenvalue weighted by atomic mass is 32.1. The van der Waals surface area contributed by atoms with Crippen molar-refractivity contribution in [3.63, 3.8) is 0 Å². The quantitative estimate of drug-likeness (QED) is 0.558. The molecule has 6 nitrogen and oxygen atoms in total. The second-order valence-electron chi connectivity index (χ2n) is 5.19. The normalized spacial score (nSPS) is 11.1. The summed E-state index contributed by atoms with van der Waals surface area (Å²) in [6.07, 6.45) is 0.732. The van der Waals surface area contributed by atoms with Crippen molar-refractivity contribution in [1.29, 1.82) is 0 Å². The summed E-state index contributed by atoms with van der Waals surface area (Å²) in [6.45, 7) is 1.45. The van der Waals surface area contributed by atoms with E-state index in [2.05, 4.69) is 27.1 Å². The Bertz CT molecular complexity index is 662. The van der Waals surface area contributed by atoms with Gasteiger partial charge >= 0.3 is 0 Å². The third-order valence-corrected chi connectivity index (χ3v) is 4.59. The molecule has 136 valence electrons. The van der Waals surface area contributed by atoms with Crippen LogP contribution in [0.2, 0.25) is 0 Å². The number of ether oxygens (including phenoxy) is 3. The first-order valence-electron chi connectivity index (χ1n) is 7.97. The van der Waals surface area contributed by atoms with Crippen LogP contribution in [0.5, 0.6) is 17.2 Å². The Morgan fingerprint density at radius 3 is 2.32 bits per heavy atom. The van der Waals surface area contributed by atoms with Gasteiger partial charge in [-0.1, -0.05) is 6.07 Å². The minimum absolute atomic E-state index is 0.698. The first-order chi connectivity index (χ1) is 12.2. The third-order valence-electron chi connectivity index (χ3n) is 3.72. The molecule has 2 N–H and O–H groups in total. The maximum Gasteiger partial charge on any atom is 0.191 e. The second kappa shape index (κ2) is 9.78. The van der Waals surface area contributed by atoms with E-state index in [0.717, 1.165) is 36.0 Å². The van der Waals surface area contributed by atoms with E-state index in [4.69, 9.17) is 14.2 Å². The fourth-order valence-electron chi connectivity index (χ4n) is 2.43. The molecular weight excluding hydrogens is 338 g/mol. The molecule has 0 aliphatic rings. The molecule has 2 rings (SSSR count). The van der Waals surface area contributed by atoms with Gasteiger partial charge in [-0.15, -0.1) is 11.3 Å². The van der Waals surface area contributed by atoms with Gasteiger partial charge < -0.3 is 24.8 Å². The molecule has 0 atom stereocenters. The SMILES string of the molecule is CN=C(NCCc1c(OC)cc(OC)cc1OC)NCc1cccs1. The Morgan fingerprint density at radius 2 is 1.80 bits per heavy atom. The molecule has 0 amide bonds. The molecule has 0 bridgehead atoms. The number of methoxy groups -OCH3 is 3. The van der Waals surface area contributed by atoms with E-state index in [1.54, 1.807) is 39.7 Å². The van der Waals surface area contributed by atoms with E-state index < -0.39 is 0 Å². The van der Waals surface area contributed by atoms with Crippen LogP contribution in [0.3, 0.4) is 0 Å². The predicted octanol–water partition coefficient (Wildman–Crippen LogP) is 2.68. The van der Waals surface area contributed by atoms with Crippen molar-refractivity contribution in [3.05, 3.63) is 40.1 Å². The number of aliphatic imine (C=N–C) groups is 1. The highest BCUT2D eigenvalue weighted by Gasteiger charge is 2.13. The smallest absolute Gasteiger partial charge is 0.191 e. The van der Waals surface area contributed by atoms with Crippen molar-refractivity contribution in [1.82, 2.24) is 10.6 Å². The Hall–Kier alpha value is -2.41. The number of thiophene rings is 1. The van der Waals surface area contributed by atoms with Crippen molar-refractivity contribution >= 4 is 17.3 Å². The van der Waals surface area contributed by atoms with Gasteiger partial charge in [0.2, 0.25) is 0 Å². The first-order valence-corrected chi connectivity index (χ1v) is 8.85. The van der Waals surface area contributed by atoms with Crippen molar-refractivity contribution < 1.29 is 14.2 Å². The Labute approximate surface area is 152 Å². The highest BCUT2D eigenvalue weighted by molar-refractivity contribution is 7.09. The lowest BCUT2D eigenvalue weighted by molar-refractivity contribution is 0.368. The molecule has 1 heterocycles. The lowest BCUT2D eigenvalue weighted by Gasteiger charge is -2.16. The molecule has 0 fully saturated rings. The van der Waals surface area contributed by atoms with Crippen LogP contribution in [0.1, 0.15) is 10.4 Å². The van der Waals surface area contributed by atoms with Crippen molar-refractivity contribution in [2.45, 2.75) is 13.0 Å². The zero-order valence-electron chi connectivity index (χ0n) is 15.1. The highest BCUT2D eigenvalue weighted by Crippen LogP contribution is 2.34. The summed E-state index contributed by atoms with van der Waals surface area (Å²) < 4.78 is 16.2. The van der Waals surface area contributed by atoms with Crippen LogP contribution >= 0.6 is 11.3 Å². The summed E-state index contributed by atoms with van der Waals surface area (Å²) in [6, 6.07) is 7.86. The van der Waals surface area contributed by atoms with Crippen molar-refractivity contribution in [3.8, 4) is 17.2 Å². The van der Waals surface area contributed by atoms with Gasteiger partial charge in [-0.25, -0.2) is 0 Å². The van der Waals surface area contributed by atoms with Crippen LogP contribution in [0.4, 0.5) is 0 Å². The number of guanidine groups is 1. The summed E-state index contributed by atoms with van der Waals surface area (Å²) in [7, 11) is 6.68. The van der Waals surface area contributed by atoms with Crippen LogP contribution in [0.15, 0.2) is 34.6 Å². The Balaban J connectivity index is 1.95. The van der Waals surface area contributed by atoms with E-state index in [1.165, 1.54) is 4.88 Å². The van der Waals surface area contributed by atoms with Gasteiger partial charge in [-0.2, -0.15) is 0 Å². The first kappa shape index (κ1) is 18.9. The second-order valence-corrected chi connectivity index (χ2v) is 6.22. The molecular formula is C18H25N3O3S. The molecule has 0 radical (unpaired) electrons. The molecule has 25 heavy (non-hydrogen) atoms. The van der Waals surface area contributed by atoms with Crippen LogP contribution < -0.4 is 24.8 Å². The minimum atomic E-state index is 0.698. The standard InChI is InChI=1S/C18H25N3O3S/c1-19-18(21-12-14-6-5-9-25-14)20-8-7-15-16(23-3)10-13(22-2)11-17(15)24-4/h5-6,9-11H,7-8,12H2,1-4H3,(H2,19,20,21). The van der Waals surface area contributed by atoms with E-state index >= 15 is 0 Å². The summed E-state index contributed by atoms with van der Waals surface area (Å²) in [5, 5.41) is 8.68. The molecule has 0 aliphatic carbocycles. The molecule has 0 aliphatic heterocycles. The van der Waals surface area contributed by atoms with Gasteiger partial charge in [0.1, 0.15) is 17.2 Å². The number of nitrogens with zero attached hydrogens (tertiary/aromatic N) is 1. The molecule has 2 aromatic rings. The zero-order chi connectivity index (χ0) is 18.1. The van der Waals surface area contributed by atoms with Crippen molar-refractivity contribution in [2.24, 2.45) is 4.99 Å². The summed E-state index contributed by atoms with van der Waals surface area (Å²) in [5.74, 6) is 2.97. The lowest BCUT2D eigenvalue weighted by Crippen LogP contribution is -2.37. The Kier molecular flexibility index (Phi) is 7.40. The fraction of sp³-hybridized carbons (Fsp3) is 0.389. The predicted molar refractivity (Wildman–Crippen MR) is 102 cm³/mol. The summed E-state index contributed by atoms with van der Waals surface area (Å²) >= 11 is 1.72. The summed E-state index contributed by atoms with van der Waals surface area (Å²) in [4.78, 5) is 5.51. The molecule has 0 spiro atoms. The van der Waals surface area contributed by atoms with Crippen LogP contribution in [-0.2, 0) is 13.0 Å². The maximum atomic E-state index is 5.48. The van der Waals surface area contributed by atoms with E-state index in [-0.39, 0.29) is 0 Å². The number of rotatable bonds is 8. The average molecular weight is 363 g/mol. The number of nitrogens with one attached hydrogen (secondary N) is 2. The molecule has 0 unspecified atom stereocenters. The van der Waals surface area contributed by atoms with Gasteiger partial charge in [0.05, 0.1) is 27.9 Å². The Morgan fingerprint density at radius 1 is 1.08 bits per heavy atom. The number of hydrogen-bond acceptors (Lipinski definition) is 5. The topological polar surface area (TPSA) is 64.1 Å². The van der Waals surface area contributed by atoms with E-state index in [9.17, 15) is 0 Å². The van der Waals surface area contributed by atoms with E-state index in [1.807, 2.05) is 18.2 Å². The monoisotopic (exact) mass is 363 g/mol. The van der Waals surface area contributed by atoms with E-state index in [0.29, 0.717) is 12.3 Å². The molecule has 7 heteroatoms. The molecule has 1 aromatic carbocycles. The van der Waals surface area contributed by atoms with Gasteiger partial charge in [-0.3, -0.25) is 4.99 Å². The average Bonchev–Trinajstić information content (AvgIpc) is 3.17. The molecule has 0 saturated carbocycles. The zero-order valence-corrected chi connectivity index (χ0v) is 15.9. The molecule has 1 aromatic heterocycles. The van der Waals surface area contributed by atoms with Crippen LogP contribution in [0.25, 0.3) is 0 Å². The lowest BCUT2D eigenvalue weighted by atomic mass is 10.1.